The topological polar surface area (TPSA) is 35.0 Å². The van der Waals surface area contributed by atoms with Crippen molar-refractivity contribution in [3.8, 4) is 11.6 Å². The van der Waals surface area contributed by atoms with E-state index in [4.69, 9.17) is 16.3 Å². The lowest BCUT2D eigenvalue weighted by Crippen LogP contribution is -1.97. The Bertz CT molecular complexity index is 610. The summed E-state index contributed by atoms with van der Waals surface area (Å²) in [7, 11) is 0. The van der Waals surface area contributed by atoms with Crippen molar-refractivity contribution < 1.29 is 13.5 Å². The van der Waals surface area contributed by atoms with E-state index in [0.29, 0.717) is 10.0 Å². The van der Waals surface area contributed by atoms with Gasteiger partial charge in [0.25, 0.3) is 0 Å². The molecular weight excluding hydrogens is 329 g/mol. The molecule has 0 spiro atoms. The van der Waals surface area contributed by atoms with E-state index < -0.39 is 11.6 Å². The molecule has 0 unspecified atom stereocenters. The first-order valence-electron chi connectivity index (χ1n) is 4.79. The van der Waals surface area contributed by atoms with Gasteiger partial charge in [-0.3, -0.25) is 0 Å². The van der Waals surface area contributed by atoms with Gasteiger partial charge in [-0.05, 0) is 30.7 Å². The van der Waals surface area contributed by atoms with Gasteiger partial charge in [0.15, 0.2) is 11.6 Å². The minimum absolute atomic E-state index is 0.0357. The molecule has 0 aliphatic heterocycles. The van der Waals surface area contributed by atoms with Crippen molar-refractivity contribution in [2.75, 3.05) is 0 Å². The summed E-state index contributed by atoms with van der Waals surface area (Å²) in [6, 6.07) is 2.30. The number of hydrogen-bond acceptors (Lipinski definition) is 3. The van der Waals surface area contributed by atoms with Crippen LogP contribution in [0, 0.1) is 18.6 Å². The highest BCUT2D eigenvalue weighted by molar-refractivity contribution is 9.10. The molecule has 7 heteroatoms. The molecule has 2 aromatic rings. The second kappa shape index (κ2) is 5.16. The maximum absolute atomic E-state index is 13.5. The third-order valence-corrected chi connectivity index (χ3v) is 2.70. The molecule has 0 saturated heterocycles. The van der Waals surface area contributed by atoms with E-state index in [2.05, 4.69) is 25.9 Å². The summed E-state index contributed by atoms with van der Waals surface area (Å²) in [6.07, 6.45) is 1.43. The molecule has 18 heavy (non-hydrogen) atoms. The number of halogens is 4. The van der Waals surface area contributed by atoms with Gasteiger partial charge in [0.1, 0.15) is 0 Å². The molecule has 1 aromatic heterocycles. The molecule has 2 rings (SSSR count). The first kappa shape index (κ1) is 13.2. The second-order valence-corrected chi connectivity index (χ2v) is 4.68. The lowest BCUT2D eigenvalue weighted by Gasteiger charge is -2.09. The van der Waals surface area contributed by atoms with Gasteiger partial charge in [-0.25, -0.2) is 9.37 Å². The van der Waals surface area contributed by atoms with Gasteiger partial charge in [-0.2, -0.15) is 9.37 Å². The molecular formula is C11H6BrClF2N2O. The number of nitrogens with zero attached hydrogens (tertiary/aromatic N) is 2. The molecule has 94 valence electrons. The molecule has 1 heterocycles. The Labute approximate surface area is 115 Å². The fourth-order valence-electron chi connectivity index (χ4n) is 1.22. The van der Waals surface area contributed by atoms with Gasteiger partial charge in [-0.15, -0.1) is 0 Å². The largest absolute Gasteiger partial charge is 0.435 e. The second-order valence-electron chi connectivity index (χ2n) is 3.43. The summed E-state index contributed by atoms with van der Waals surface area (Å²) in [5.74, 6) is -2.31. The number of aromatic nitrogens is 2. The van der Waals surface area contributed by atoms with Crippen LogP contribution in [0.5, 0.6) is 11.6 Å². The number of ether oxygens (including phenoxy) is 1. The third kappa shape index (κ3) is 2.76. The van der Waals surface area contributed by atoms with Crippen LogP contribution in [0.25, 0.3) is 0 Å². The molecule has 0 fully saturated rings. The van der Waals surface area contributed by atoms with E-state index in [1.807, 2.05) is 0 Å². The average Bonchev–Trinajstić information content (AvgIpc) is 2.30. The van der Waals surface area contributed by atoms with Gasteiger partial charge in [0.2, 0.25) is 17.0 Å². The van der Waals surface area contributed by atoms with E-state index in [1.165, 1.54) is 12.3 Å². The van der Waals surface area contributed by atoms with Crippen LogP contribution in [0.15, 0.2) is 22.8 Å². The van der Waals surface area contributed by atoms with E-state index in [0.717, 1.165) is 6.07 Å². The molecule has 0 bridgehead atoms. The van der Waals surface area contributed by atoms with Crippen LogP contribution >= 0.6 is 27.5 Å². The Kier molecular flexibility index (Phi) is 3.77. The van der Waals surface area contributed by atoms with Crippen molar-refractivity contribution in [3.05, 3.63) is 45.3 Å². The predicted molar refractivity (Wildman–Crippen MR) is 65.9 cm³/mol. The van der Waals surface area contributed by atoms with Crippen LogP contribution in [-0.4, -0.2) is 9.97 Å². The molecule has 0 radical (unpaired) electrons. The minimum Gasteiger partial charge on any atom is -0.435 e. The summed E-state index contributed by atoms with van der Waals surface area (Å²) in [4.78, 5) is 7.53. The van der Waals surface area contributed by atoms with Crippen LogP contribution < -0.4 is 4.74 Å². The van der Waals surface area contributed by atoms with Crippen LogP contribution in [-0.2, 0) is 0 Å². The van der Waals surface area contributed by atoms with E-state index in [9.17, 15) is 8.78 Å². The van der Waals surface area contributed by atoms with E-state index in [-0.39, 0.29) is 16.9 Å². The van der Waals surface area contributed by atoms with Crippen LogP contribution in [0.4, 0.5) is 8.78 Å². The summed E-state index contributed by atoms with van der Waals surface area (Å²) in [5.41, 5.74) is 0.555. The molecule has 0 amide bonds. The van der Waals surface area contributed by atoms with Crippen molar-refractivity contribution in [3.63, 3.8) is 0 Å². The highest BCUT2D eigenvalue weighted by Crippen LogP contribution is 2.30. The third-order valence-electron chi connectivity index (χ3n) is 2.06. The zero-order valence-corrected chi connectivity index (χ0v) is 11.4. The lowest BCUT2D eigenvalue weighted by molar-refractivity contribution is 0.402. The number of aryl methyl sites for hydroxylation is 1. The van der Waals surface area contributed by atoms with E-state index >= 15 is 0 Å². The fraction of sp³-hybridized carbons (Fsp3) is 0.0909. The first-order valence-corrected chi connectivity index (χ1v) is 5.96. The lowest BCUT2D eigenvalue weighted by atomic mass is 10.3. The van der Waals surface area contributed by atoms with Gasteiger partial charge < -0.3 is 4.74 Å². The van der Waals surface area contributed by atoms with Gasteiger partial charge in [-0.1, -0.05) is 15.9 Å². The van der Waals surface area contributed by atoms with Crippen molar-refractivity contribution >= 4 is 27.5 Å². The number of rotatable bonds is 2. The zero-order chi connectivity index (χ0) is 13.3. The molecule has 0 aliphatic carbocycles. The maximum Gasteiger partial charge on any atom is 0.226 e. The Hall–Kier alpha value is -1.27. The predicted octanol–water partition coefficient (Wildman–Crippen LogP) is 4.27. The summed E-state index contributed by atoms with van der Waals surface area (Å²) >= 11 is 8.65. The summed E-state index contributed by atoms with van der Waals surface area (Å²) in [5, 5.41) is -0.0357. The van der Waals surface area contributed by atoms with Crippen LogP contribution in [0.1, 0.15) is 5.56 Å². The molecule has 1 aromatic carbocycles. The van der Waals surface area contributed by atoms with Crippen molar-refractivity contribution in [2.24, 2.45) is 0 Å². The highest BCUT2D eigenvalue weighted by atomic mass is 79.9. The Balaban J connectivity index is 2.43. The number of hydrogen-bond donors (Lipinski definition) is 0. The summed E-state index contributed by atoms with van der Waals surface area (Å²) in [6.45, 7) is 1.66. The average molecular weight is 336 g/mol. The molecule has 0 atom stereocenters. The van der Waals surface area contributed by atoms with Crippen molar-refractivity contribution in [1.29, 1.82) is 0 Å². The SMILES string of the molecule is Cc1cnc(Cl)nc1Oc1cc(Br)cc(F)c1F. The van der Waals surface area contributed by atoms with Gasteiger partial charge >= 0.3 is 0 Å². The van der Waals surface area contributed by atoms with Gasteiger partial charge in [0, 0.05) is 16.2 Å². The standard InChI is InChI=1S/C11H6BrClF2N2O/c1-5-4-16-11(13)17-10(5)18-8-3-6(12)2-7(14)9(8)15/h2-4H,1H3. The van der Waals surface area contributed by atoms with Crippen molar-refractivity contribution in [1.82, 2.24) is 9.97 Å². The molecule has 0 N–H and O–H groups in total. The number of benzene rings is 1. The first-order chi connectivity index (χ1) is 8.47. The van der Waals surface area contributed by atoms with Crippen LogP contribution in [0.2, 0.25) is 5.28 Å². The molecule has 0 saturated carbocycles. The molecule has 3 nitrogen and oxygen atoms in total. The van der Waals surface area contributed by atoms with Crippen LogP contribution in [0.3, 0.4) is 0 Å². The minimum atomic E-state index is -1.09. The monoisotopic (exact) mass is 334 g/mol. The Morgan fingerprint density at radius 3 is 2.78 bits per heavy atom. The fourth-order valence-corrected chi connectivity index (χ4v) is 1.75. The Morgan fingerprint density at radius 2 is 2.06 bits per heavy atom. The smallest absolute Gasteiger partial charge is 0.226 e. The maximum atomic E-state index is 13.5. The van der Waals surface area contributed by atoms with Gasteiger partial charge in [0.05, 0.1) is 0 Å². The quantitative estimate of drug-likeness (QED) is 0.607. The zero-order valence-electron chi connectivity index (χ0n) is 9.05. The highest BCUT2D eigenvalue weighted by Gasteiger charge is 2.14. The molecule has 0 aliphatic rings. The summed E-state index contributed by atoms with van der Waals surface area (Å²) < 4.78 is 32.2. The normalized spacial score (nSPS) is 10.5. The Morgan fingerprint density at radius 1 is 1.33 bits per heavy atom. The van der Waals surface area contributed by atoms with Crippen molar-refractivity contribution in [2.45, 2.75) is 6.92 Å². The van der Waals surface area contributed by atoms with E-state index in [1.54, 1.807) is 6.92 Å².